The molecule has 0 aliphatic heterocycles. The molecular weight excluding hydrogens is 376 g/mol. The van der Waals surface area contributed by atoms with E-state index in [-0.39, 0.29) is 16.0 Å². The monoisotopic (exact) mass is 396 g/mol. The molecule has 0 spiro atoms. The first-order valence-electron chi connectivity index (χ1n) is 6.54. The maximum Gasteiger partial charge on any atom is 0.250 e. The third-order valence-corrected chi connectivity index (χ3v) is 6.92. The van der Waals surface area contributed by atoms with Crippen LogP contribution in [0.5, 0.6) is 0 Å². The van der Waals surface area contributed by atoms with Crippen LogP contribution in [0, 0.1) is 12.8 Å². The molecule has 21 heavy (non-hydrogen) atoms. The molecule has 0 aromatic carbocycles. The van der Waals surface area contributed by atoms with Gasteiger partial charge in [0.25, 0.3) is 10.0 Å². The zero-order valence-electron chi connectivity index (χ0n) is 12.8. The van der Waals surface area contributed by atoms with Gasteiger partial charge >= 0.3 is 0 Å². The molecular formula is C13H21BrN2O3S2. The van der Waals surface area contributed by atoms with Gasteiger partial charge in [-0.2, -0.15) is 4.72 Å². The molecule has 5 nitrogen and oxygen atoms in total. The topological polar surface area (TPSA) is 66.5 Å². The molecule has 1 aromatic heterocycles. The smallest absolute Gasteiger partial charge is 0.250 e. The van der Waals surface area contributed by atoms with Crippen molar-refractivity contribution in [2.75, 3.05) is 14.1 Å². The number of nitrogens with zero attached hydrogens (tertiary/aromatic N) is 1. The lowest BCUT2D eigenvalue weighted by atomic mass is 10.0. The molecule has 0 saturated carbocycles. The Labute approximate surface area is 138 Å². The van der Waals surface area contributed by atoms with Gasteiger partial charge in [0.15, 0.2) is 0 Å². The van der Waals surface area contributed by atoms with E-state index in [1.807, 2.05) is 20.8 Å². The first-order valence-corrected chi connectivity index (χ1v) is 9.63. The van der Waals surface area contributed by atoms with E-state index in [1.54, 1.807) is 20.2 Å². The molecule has 1 heterocycles. The highest BCUT2D eigenvalue weighted by molar-refractivity contribution is 9.11. The predicted octanol–water partition coefficient (Wildman–Crippen LogP) is 2.60. The Balaban J connectivity index is 3.03. The molecule has 1 amide bonds. The summed E-state index contributed by atoms with van der Waals surface area (Å²) in [7, 11) is -0.453. The van der Waals surface area contributed by atoms with Gasteiger partial charge in [-0.25, -0.2) is 8.42 Å². The lowest BCUT2D eigenvalue weighted by molar-refractivity contribution is -0.130. The van der Waals surface area contributed by atoms with E-state index in [0.717, 1.165) is 20.7 Å². The molecule has 1 atom stereocenters. The summed E-state index contributed by atoms with van der Waals surface area (Å²) in [4.78, 5) is 13.6. The van der Waals surface area contributed by atoms with Crippen LogP contribution in [0.2, 0.25) is 0 Å². The quantitative estimate of drug-likeness (QED) is 0.803. The molecule has 8 heteroatoms. The average Bonchev–Trinajstić information content (AvgIpc) is 2.67. The van der Waals surface area contributed by atoms with E-state index in [9.17, 15) is 13.2 Å². The lowest BCUT2D eigenvalue weighted by Gasteiger charge is -2.22. The number of amides is 1. The summed E-state index contributed by atoms with van der Waals surface area (Å²) < 4.78 is 28.4. The van der Waals surface area contributed by atoms with Crippen molar-refractivity contribution in [2.24, 2.45) is 5.92 Å². The second kappa shape index (κ2) is 7.21. The Kier molecular flexibility index (Phi) is 6.39. The fourth-order valence-electron chi connectivity index (χ4n) is 1.79. The van der Waals surface area contributed by atoms with Gasteiger partial charge in [0.05, 0.1) is 3.79 Å². The van der Waals surface area contributed by atoms with Crippen molar-refractivity contribution in [2.45, 2.75) is 37.4 Å². The summed E-state index contributed by atoms with van der Waals surface area (Å²) in [5, 5.41) is 0. The van der Waals surface area contributed by atoms with Crippen LogP contribution in [0.4, 0.5) is 0 Å². The Morgan fingerprint density at radius 3 is 2.38 bits per heavy atom. The van der Waals surface area contributed by atoms with Crippen molar-refractivity contribution in [3.8, 4) is 0 Å². The van der Waals surface area contributed by atoms with Gasteiger partial charge in [-0.05, 0) is 46.8 Å². The van der Waals surface area contributed by atoms with Crippen LogP contribution in [-0.2, 0) is 14.8 Å². The standard InChI is InChI=1S/C13H21BrN2O3S2/c1-8(2)6-10(13(17)16(4)5)15-21(18,19)11-7-9(3)12(14)20-11/h7-8,10,15H,6H2,1-5H3. The van der Waals surface area contributed by atoms with E-state index in [4.69, 9.17) is 0 Å². The molecule has 0 aliphatic carbocycles. The SMILES string of the molecule is Cc1cc(S(=O)(=O)NC(CC(C)C)C(=O)N(C)C)sc1Br. The van der Waals surface area contributed by atoms with E-state index < -0.39 is 16.1 Å². The zero-order valence-corrected chi connectivity index (χ0v) is 16.0. The normalized spacial score (nSPS) is 13.5. The number of thiophene rings is 1. The van der Waals surface area contributed by atoms with Crippen LogP contribution in [0.25, 0.3) is 0 Å². The minimum absolute atomic E-state index is 0.207. The number of nitrogens with one attached hydrogen (secondary N) is 1. The number of hydrogen-bond donors (Lipinski definition) is 1. The minimum atomic E-state index is -3.69. The van der Waals surface area contributed by atoms with Crippen LogP contribution in [0.3, 0.4) is 0 Å². The third kappa shape index (κ3) is 5.05. The minimum Gasteiger partial charge on any atom is -0.347 e. The van der Waals surface area contributed by atoms with Crippen LogP contribution in [0.15, 0.2) is 14.1 Å². The summed E-state index contributed by atoms with van der Waals surface area (Å²) in [6.45, 7) is 5.74. The van der Waals surface area contributed by atoms with Gasteiger partial charge < -0.3 is 4.90 Å². The van der Waals surface area contributed by atoms with Crippen LogP contribution >= 0.6 is 27.3 Å². The summed E-state index contributed by atoms with van der Waals surface area (Å²) >= 11 is 4.46. The van der Waals surface area contributed by atoms with Crippen LogP contribution in [0.1, 0.15) is 25.8 Å². The number of carbonyl (C=O) groups is 1. The predicted molar refractivity (Wildman–Crippen MR) is 89.0 cm³/mol. The summed E-state index contributed by atoms with van der Waals surface area (Å²) in [6, 6.07) is 0.857. The van der Waals surface area contributed by atoms with Crippen molar-refractivity contribution in [3.05, 3.63) is 15.4 Å². The first kappa shape index (κ1) is 18.6. The molecule has 0 bridgehead atoms. The maximum absolute atomic E-state index is 12.4. The largest absolute Gasteiger partial charge is 0.347 e. The Bertz CT molecular complexity index is 589. The van der Waals surface area contributed by atoms with Gasteiger partial charge in [0.2, 0.25) is 5.91 Å². The highest BCUT2D eigenvalue weighted by Crippen LogP contribution is 2.30. The number of rotatable bonds is 6. The third-order valence-electron chi connectivity index (χ3n) is 2.84. The first-order chi connectivity index (χ1) is 9.54. The fourth-order valence-corrected chi connectivity index (χ4v) is 5.24. The van der Waals surface area contributed by atoms with E-state index >= 15 is 0 Å². The number of likely N-dealkylation sites (N-methyl/N-ethyl adjacent to an activating group) is 1. The molecule has 1 aromatic rings. The van der Waals surface area contributed by atoms with Crippen LogP contribution < -0.4 is 4.72 Å². The number of hydrogen-bond acceptors (Lipinski definition) is 4. The molecule has 0 saturated heterocycles. The van der Waals surface area contributed by atoms with Crippen molar-refractivity contribution in [3.63, 3.8) is 0 Å². The maximum atomic E-state index is 12.4. The van der Waals surface area contributed by atoms with Gasteiger partial charge in [-0.3, -0.25) is 4.79 Å². The highest BCUT2D eigenvalue weighted by Gasteiger charge is 2.28. The van der Waals surface area contributed by atoms with Gasteiger partial charge in [0, 0.05) is 14.1 Å². The van der Waals surface area contributed by atoms with Crippen LogP contribution in [-0.4, -0.2) is 39.4 Å². The number of halogens is 1. The molecule has 0 aliphatic rings. The highest BCUT2D eigenvalue weighted by atomic mass is 79.9. The Hall–Kier alpha value is -0.440. The van der Waals surface area contributed by atoms with Gasteiger partial charge in [-0.1, -0.05) is 13.8 Å². The number of carbonyl (C=O) groups excluding carboxylic acids is 1. The molecule has 1 unspecified atom stereocenters. The Morgan fingerprint density at radius 1 is 1.43 bits per heavy atom. The number of sulfonamides is 1. The molecule has 0 radical (unpaired) electrons. The molecule has 1 rings (SSSR count). The van der Waals surface area contributed by atoms with Crippen molar-refractivity contribution < 1.29 is 13.2 Å². The van der Waals surface area contributed by atoms with Crippen molar-refractivity contribution in [1.29, 1.82) is 0 Å². The average molecular weight is 397 g/mol. The molecule has 0 fully saturated rings. The zero-order chi connectivity index (χ0) is 16.4. The fraction of sp³-hybridized carbons (Fsp3) is 0.615. The van der Waals surface area contributed by atoms with Crippen molar-refractivity contribution >= 4 is 43.2 Å². The second-order valence-electron chi connectivity index (χ2n) is 5.56. The summed E-state index contributed by atoms with van der Waals surface area (Å²) in [5.74, 6) is -0.0296. The lowest BCUT2D eigenvalue weighted by Crippen LogP contribution is -2.46. The summed E-state index contributed by atoms with van der Waals surface area (Å²) in [5.41, 5.74) is 0.861. The van der Waals surface area contributed by atoms with Gasteiger partial charge in [0.1, 0.15) is 10.3 Å². The van der Waals surface area contributed by atoms with Gasteiger partial charge in [-0.15, -0.1) is 11.3 Å². The van der Waals surface area contributed by atoms with E-state index in [1.165, 1.54) is 4.90 Å². The van der Waals surface area contributed by atoms with E-state index in [2.05, 4.69) is 20.7 Å². The molecule has 120 valence electrons. The molecule has 1 N–H and O–H groups in total. The summed E-state index contributed by atoms with van der Waals surface area (Å²) in [6.07, 6.45) is 0.460. The second-order valence-corrected chi connectivity index (χ2v) is 9.87. The van der Waals surface area contributed by atoms with Crippen molar-refractivity contribution in [1.82, 2.24) is 9.62 Å². The van der Waals surface area contributed by atoms with E-state index in [0.29, 0.717) is 6.42 Å². The Morgan fingerprint density at radius 2 is 2.00 bits per heavy atom. The number of aryl methyl sites for hydroxylation is 1.